The first-order valence-corrected chi connectivity index (χ1v) is 7.47. The molecule has 5 heteroatoms. The zero-order chi connectivity index (χ0) is 15.8. The van der Waals surface area contributed by atoms with E-state index in [0.29, 0.717) is 24.1 Å². The Hall–Kier alpha value is -2.11. The molecular weight excluding hydrogens is 323 g/mol. The Morgan fingerprint density at radius 2 is 1.45 bits per heavy atom. The fraction of sp³-hybridized carbons (Fsp3) is 0.176. The minimum absolute atomic E-state index is 0.198. The third kappa shape index (κ3) is 5.02. The van der Waals surface area contributed by atoms with Gasteiger partial charge in [0.05, 0.1) is 0 Å². The van der Waals surface area contributed by atoms with Gasteiger partial charge in [0.2, 0.25) is 0 Å². The summed E-state index contributed by atoms with van der Waals surface area (Å²) >= 11 is 4.43. The molecule has 0 aliphatic carbocycles. The summed E-state index contributed by atoms with van der Waals surface area (Å²) in [4.78, 5) is 8.33. The van der Waals surface area contributed by atoms with Gasteiger partial charge in [-0.2, -0.15) is 0 Å². The third-order valence-electron chi connectivity index (χ3n) is 2.96. The molecule has 2 rings (SSSR count). The molecule has 0 bridgehead atoms. The predicted molar refractivity (Wildman–Crippen MR) is 84.7 cm³/mol. The van der Waals surface area contributed by atoms with E-state index in [0.717, 1.165) is 0 Å². The monoisotopic (exact) mass is 340 g/mol. The van der Waals surface area contributed by atoms with E-state index in [9.17, 15) is 10.2 Å². The molecule has 0 saturated carbocycles. The standard InChI is InChI=1S/C17H17N2O2.Co/c20-16-8-3-1-6-14(16)12-18-10-5-11-19-13-15-7-2-4-9-17(15)21;/h1-4,6-10,12-13,20-21H,5,11H2;. The Labute approximate surface area is 137 Å². The third-order valence-corrected chi connectivity index (χ3v) is 3.41. The van der Waals surface area contributed by atoms with Gasteiger partial charge in [-0.05, 0) is 0 Å². The molecular formula is C17H17CoN2O2. The fourth-order valence-electron chi connectivity index (χ4n) is 1.76. The van der Waals surface area contributed by atoms with Gasteiger partial charge in [0, 0.05) is 0 Å². The van der Waals surface area contributed by atoms with Crippen molar-refractivity contribution in [3.05, 3.63) is 59.7 Å². The van der Waals surface area contributed by atoms with Crippen LogP contribution in [0.3, 0.4) is 0 Å². The van der Waals surface area contributed by atoms with E-state index in [1.807, 2.05) is 12.1 Å². The molecule has 1 unspecified atom stereocenters. The molecule has 4 nitrogen and oxygen atoms in total. The Morgan fingerprint density at radius 3 is 2.05 bits per heavy atom. The Kier molecular flexibility index (Phi) is 6.18. The summed E-state index contributed by atoms with van der Waals surface area (Å²) in [5.74, 6) is 0.411. The number of hydrogen-bond donors (Lipinski definition) is 2. The van der Waals surface area contributed by atoms with E-state index in [-0.39, 0.29) is 16.5 Å². The van der Waals surface area contributed by atoms with Crippen molar-refractivity contribution in [1.82, 2.24) is 0 Å². The topological polar surface area (TPSA) is 65.2 Å². The molecule has 0 aliphatic heterocycles. The van der Waals surface area contributed by atoms with Crippen molar-refractivity contribution in [2.45, 2.75) is 11.4 Å². The van der Waals surface area contributed by atoms with Gasteiger partial charge in [-0.25, -0.2) is 0 Å². The summed E-state index contributed by atoms with van der Waals surface area (Å²) in [5.41, 5.74) is 1.35. The average molecular weight is 340 g/mol. The molecule has 116 valence electrons. The van der Waals surface area contributed by atoms with Crippen molar-refractivity contribution in [3.8, 4) is 11.5 Å². The van der Waals surface area contributed by atoms with Crippen LogP contribution in [0.15, 0.2) is 58.5 Å². The van der Waals surface area contributed by atoms with Crippen molar-refractivity contribution in [1.29, 1.82) is 0 Å². The number of aliphatic imine (C=N–C) groups is 2. The maximum absolute atomic E-state index is 9.63. The molecule has 22 heavy (non-hydrogen) atoms. The van der Waals surface area contributed by atoms with Crippen molar-refractivity contribution in [2.75, 3.05) is 6.54 Å². The molecule has 2 aromatic carbocycles. The number of benzene rings is 2. The summed E-state index contributed by atoms with van der Waals surface area (Å²) in [5, 5.41) is 19.2. The first-order valence-electron chi connectivity index (χ1n) is 6.87. The Bertz CT molecular complexity index is 671. The molecule has 1 atom stereocenters. The molecule has 0 radical (unpaired) electrons. The summed E-state index contributed by atoms with van der Waals surface area (Å²) in [6.45, 7) is 0.554. The van der Waals surface area contributed by atoms with Gasteiger partial charge in [-0.3, -0.25) is 0 Å². The number of hydrogen-bond acceptors (Lipinski definition) is 4. The number of rotatable bonds is 6. The van der Waals surface area contributed by atoms with Crippen molar-refractivity contribution < 1.29 is 26.0 Å². The second-order valence-electron chi connectivity index (χ2n) is 4.62. The molecule has 0 aromatic heterocycles. The van der Waals surface area contributed by atoms with Crippen LogP contribution in [-0.2, 0) is 15.7 Å². The molecule has 0 heterocycles. The summed E-state index contributed by atoms with van der Waals surface area (Å²) in [7, 11) is 0. The fourth-order valence-corrected chi connectivity index (χ4v) is 1.98. The van der Waals surface area contributed by atoms with Crippen LogP contribution in [0.1, 0.15) is 17.5 Å². The van der Waals surface area contributed by atoms with Crippen LogP contribution >= 0.6 is 0 Å². The molecule has 0 saturated heterocycles. The van der Waals surface area contributed by atoms with Crippen LogP contribution < -0.4 is 0 Å². The van der Waals surface area contributed by atoms with E-state index >= 15 is 0 Å². The van der Waals surface area contributed by atoms with E-state index in [4.69, 9.17) is 0 Å². The SMILES string of the molecule is Oc1ccccc1C=NCC[CH]([Co])N=Cc1ccccc1O. The molecule has 0 aliphatic rings. The molecule has 0 spiro atoms. The normalized spacial score (nSPS) is 13.0. The van der Waals surface area contributed by atoms with Gasteiger partial charge in [0.25, 0.3) is 0 Å². The van der Waals surface area contributed by atoms with Crippen LogP contribution in [0.25, 0.3) is 0 Å². The Balaban J connectivity index is 1.82. The zero-order valence-corrected chi connectivity index (χ0v) is 12.9. The Morgan fingerprint density at radius 1 is 0.909 bits per heavy atom. The number of phenolic OH excluding ortho intramolecular Hbond substituents is 2. The minimum atomic E-state index is -0.200. The van der Waals surface area contributed by atoms with Crippen molar-refractivity contribution >= 4 is 12.4 Å². The van der Waals surface area contributed by atoms with Gasteiger partial charge in [-0.1, -0.05) is 0 Å². The molecule has 2 N–H and O–H groups in total. The van der Waals surface area contributed by atoms with Gasteiger partial charge in [0.15, 0.2) is 0 Å². The molecule has 0 fully saturated rings. The summed E-state index contributed by atoms with van der Waals surface area (Å²) in [6.07, 6.45) is 3.91. The summed E-state index contributed by atoms with van der Waals surface area (Å²) in [6, 6.07) is 14.0. The quantitative estimate of drug-likeness (QED) is 0.794. The van der Waals surface area contributed by atoms with Crippen LogP contribution in [-0.4, -0.2) is 34.2 Å². The molecule has 2 aromatic rings. The van der Waals surface area contributed by atoms with E-state index < -0.39 is 0 Å². The predicted octanol–water partition coefficient (Wildman–Crippen LogP) is 2.90. The van der Waals surface area contributed by atoms with Gasteiger partial charge >= 0.3 is 137 Å². The van der Waals surface area contributed by atoms with Crippen molar-refractivity contribution in [2.24, 2.45) is 9.98 Å². The number of phenols is 2. The first kappa shape index (κ1) is 16.3. The average Bonchev–Trinajstić information content (AvgIpc) is 2.52. The number of para-hydroxylation sites is 2. The maximum atomic E-state index is 9.63. The van der Waals surface area contributed by atoms with E-state index in [1.165, 1.54) is 0 Å². The van der Waals surface area contributed by atoms with E-state index in [1.54, 1.807) is 48.8 Å². The number of nitrogens with zero attached hydrogens (tertiary/aromatic N) is 2. The zero-order valence-electron chi connectivity index (χ0n) is 11.9. The van der Waals surface area contributed by atoms with Crippen molar-refractivity contribution in [3.63, 3.8) is 0 Å². The van der Waals surface area contributed by atoms with Gasteiger partial charge < -0.3 is 0 Å². The van der Waals surface area contributed by atoms with Crippen LogP contribution in [0.5, 0.6) is 11.5 Å². The second-order valence-corrected chi connectivity index (χ2v) is 5.32. The van der Waals surface area contributed by atoms with Crippen LogP contribution in [0.4, 0.5) is 0 Å². The second kappa shape index (κ2) is 8.36. The number of aromatic hydroxyl groups is 2. The summed E-state index contributed by atoms with van der Waals surface area (Å²) < 4.78 is 0. The van der Waals surface area contributed by atoms with Gasteiger partial charge in [0.1, 0.15) is 0 Å². The first-order chi connectivity index (χ1) is 10.7. The van der Waals surface area contributed by atoms with Crippen LogP contribution in [0.2, 0.25) is 0 Å². The molecule has 0 amide bonds. The van der Waals surface area contributed by atoms with Gasteiger partial charge in [-0.15, -0.1) is 0 Å². The van der Waals surface area contributed by atoms with E-state index in [2.05, 4.69) is 25.7 Å². The van der Waals surface area contributed by atoms with Crippen LogP contribution in [0, 0.1) is 0 Å².